The van der Waals surface area contributed by atoms with Gasteiger partial charge in [0, 0.05) is 10.9 Å². The van der Waals surface area contributed by atoms with E-state index >= 15 is 0 Å². The Hall–Kier alpha value is -1.82. The second-order valence-corrected chi connectivity index (χ2v) is 5.78. The van der Waals surface area contributed by atoms with Crippen molar-refractivity contribution < 1.29 is 14.7 Å². The van der Waals surface area contributed by atoms with E-state index in [9.17, 15) is 9.59 Å². The highest BCUT2D eigenvalue weighted by Gasteiger charge is 2.37. The SMILES string of the molecule is O=C(NC(C(=O)O)C1CC1)c1[nH]c2ccccc2c1Br. The summed E-state index contributed by atoms with van der Waals surface area (Å²) in [5.41, 5.74) is 1.20. The Balaban J connectivity index is 1.88. The average molecular weight is 337 g/mol. The van der Waals surface area contributed by atoms with Crippen molar-refractivity contribution in [3.05, 3.63) is 34.4 Å². The number of hydrogen-bond acceptors (Lipinski definition) is 2. The molecule has 20 heavy (non-hydrogen) atoms. The Bertz CT molecular complexity index is 691. The number of halogens is 1. The van der Waals surface area contributed by atoms with Gasteiger partial charge in [0.15, 0.2) is 0 Å². The lowest BCUT2D eigenvalue weighted by atomic mass is 10.2. The van der Waals surface area contributed by atoms with Crippen molar-refractivity contribution in [2.24, 2.45) is 5.92 Å². The van der Waals surface area contributed by atoms with E-state index in [0.29, 0.717) is 10.2 Å². The second kappa shape index (κ2) is 4.94. The van der Waals surface area contributed by atoms with Gasteiger partial charge in [-0.2, -0.15) is 0 Å². The van der Waals surface area contributed by atoms with Crippen molar-refractivity contribution in [2.45, 2.75) is 18.9 Å². The van der Waals surface area contributed by atoms with Crippen LogP contribution in [0.25, 0.3) is 10.9 Å². The van der Waals surface area contributed by atoms with Gasteiger partial charge >= 0.3 is 5.97 Å². The van der Waals surface area contributed by atoms with E-state index in [1.54, 1.807) is 0 Å². The molecule has 5 nitrogen and oxygen atoms in total. The van der Waals surface area contributed by atoms with Crippen LogP contribution in [0, 0.1) is 5.92 Å². The molecule has 0 saturated heterocycles. The van der Waals surface area contributed by atoms with Gasteiger partial charge in [-0.1, -0.05) is 18.2 Å². The molecule has 1 unspecified atom stereocenters. The standard InChI is InChI=1S/C14H13BrN2O3/c15-10-8-3-1-2-4-9(8)16-12(10)13(18)17-11(14(19)20)7-5-6-7/h1-4,7,11,16H,5-6H2,(H,17,18)(H,19,20). The smallest absolute Gasteiger partial charge is 0.326 e. The number of para-hydroxylation sites is 1. The summed E-state index contributed by atoms with van der Waals surface area (Å²) in [6.45, 7) is 0. The topological polar surface area (TPSA) is 82.2 Å². The summed E-state index contributed by atoms with van der Waals surface area (Å²) in [4.78, 5) is 26.4. The molecule has 1 aliphatic carbocycles. The molecular weight excluding hydrogens is 324 g/mol. The normalized spacial score (nSPS) is 16.1. The molecular formula is C14H13BrN2O3. The predicted octanol–water partition coefficient (Wildman–Crippen LogP) is 2.52. The van der Waals surface area contributed by atoms with Crippen molar-refractivity contribution in [1.29, 1.82) is 0 Å². The van der Waals surface area contributed by atoms with E-state index in [1.807, 2.05) is 24.3 Å². The minimum atomic E-state index is -0.979. The molecule has 3 rings (SSSR count). The monoisotopic (exact) mass is 336 g/mol. The Labute approximate surface area is 123 Å². The molecule has 1 aliphatic rings. The first-order valence-electron chi connectivity index (χ1n) is 6.38. The summed E-state index contributed by atoms with van der Waals surface area (Å²) in [6, 6.07) is 6.71. The number of aromatic amines is 1. The lowest BCUT2D eigenvalue weighted by Crippen LogP contribution is -2.42. The number of aromatic nitrogens is 1. The maximum atomic E-state index is 12.2. The number of rotatable bonds is 4. The van der Waals surface area contributed by atoms with Crippen molar-refractivity contribution in [2.75, 3.05) is 0 Å². The molecule has 1 atom stereocenters. The van der Waals surface area contributed by atoms with E-state index in [-0.39, 0.29) is 5.92 Å². The van der Waals surface area contributed by atoms with Gasteiger partial charge in [0.05, 0.1) is 4.47 Å². The van der Waals surface area contributed by atoms with Crippen LogP contribution < -0.4 is 5.32 Å². The molecule has 1 aromatic heterocycles. The van der Waals surface area contributed by atoms with Gasteiger partial charge in [0.25, 0.3) is 5.91 Å². The third-order valence-corrected chi connectivity index (χ3v) is 4.34. The second-order valence-electron chi connectivity index (χ2n) is 4.99. The molecule has 1 fully saturated rings. The lowest BCUT2D eigenvalue weighted by molar-refractivity contribution is -0.139. The summed E-state index contributed by atoms with van der Waals surface area (Å²) in [5.74, 6) is -1.32. The number of benzene rings is 1. The first-order chi connectivity index (χ1) is 9.58. The molecule has 0 aliphatic heterocycles. The van der Waals surface area contributed by atoms with Crippen molar-refractivity contribution in [3.63, 3.8) is 0 Å². The summed E-state index contributed by atoms with van der Waals surface area (Å²) in [7, 11) is 0. The fourth-order valence-corrected chi connectivity index (χ4v) is 2.91. The maximum absolute atomic E-state index is 12.2. The predicted molar refractivity (Wildman–Crippen MR) is 77.6 cm³/mol. The van der Waals surface area contributed by atoms with Crippen molar-refractivity contribution >= 4 is 38.7 Å². The quantitative estimate of drug-likeness (QED) is 0.802. The highest BCUT2D eigenvalue weighted by Crippen LogP contribution is 2.33. The fourth-order valence-electron chi connectivity index (χ4n) is 2.29. The summed E-state index contributed by atoms with van der Waals surface area (Å²) >= 11 is 3.39. The first kappa shape index (κ1) is 13.2. The van der Waals surface area contributed by atoms with Gasteiger partial charge in [0.2, 0.25) is 0 Å². The fraction of sp³-hybridized carbons (Fsp3) is 0.286. The average Bonchev–Trinajstić information content (AvgIpc) is 3.20. The number of fused-ring (bicyclic) bond motifs is 1. The van der Waals surface area contributed by atoms with Gasteiger partial charge in [-0.25, -0.2) is 4.79 Å². The molecule has 6 heteroatoms. The number of hydrogen-bond donors (Lipinski definition) is 3. The van der Waals surface area contributed by atoms with Gasteiger partial charge in [0.1, 0.15) is 11.7 Å². The zero-order valence-corrected chi connectivity index (χ0v) is 12.1. The molecule has 1 saturated carbocycles. The molecule has 0 radical (unpaired) electrons. The van der Waals surface area contributed by atoms with Crippen LogP contribution in [0.3, 0.4) is 0 Å². The van der Waals surface area contributed by atoms with Gasteiger partial charge < -0.3 is 15.4 Å². The maximum Gasteiger partial charge on any atom is 0.326 e. The molecule has 1 heterocycles. The minimum Gasteiger partial charge on any atom is -0.480 e. The number of carboxylic acids is 1. The number of aliphatic carboxylic acids is 1. The van der Waals surface area contributed by atoms with E-state index in [2.05, 4.69) is 26.2 Å². The van der Waals surface area contributed by atoms with Crippen molar-refractivity contribution in [3.8, 4) is 0 Å². The van der Waals surface area contributed by atoms with Crippen LogP contribution in [0.1, 0.15) is 23.3 Å². The Morgan fingerprint density at radius 2 is 2.05 bits per heavy atom. The molecule has 104 valence electrons. The van der Waals surface area contributed by atoms with Gasteiger partial charge in [-0.05, 0) is 40.8 Å². The van der Waals surface area contributed by atoms with E-state index < -0.39 is 17.9 Å². The first-order valence-corrected chi connectivity index (χ1v) is 7.17. The van der Waals surface area contributed by atoms with Gasteiger partial charge in [-0.3, -0.25) is 4.79 Å². The molecule has 3 N–H and O–H groups in total. The van der Waals surface area contributed by atoms with Crippen LogP contribution in [-0.2, 0) is 4.79 Å². The van der Waals surface area contributed by atoms with E-state index in [1.165, 1.54) is 0 Å². The van der Waals surface area contributed by atoms with Crippen LogP contribution in [0.4, 0.5) is 0 Å². The van der Waals surface area contributed by atoms with Crippen LogP contribution in [-0.4, -0.2) is 28.0 Å². The summed E-state index contributed by atoms with van der Waals surface area (Å²) in [6.07, 6.45) is 1.70. The van der Waals surface area contributed by atoms with Crippen LogP contribution in [0.5, 0.6) is 0 Å². The van der Waals surface area contributed by atoms with Gasteiger partial charge in [-0.15, -0.1) is 0 Å². The minimum absolute atomic E-state index is 0.0552. The van der Waals surface area contributed by atoms with E-state index in [4.69, 9.17) is 5.11 Å². The Morgan fingerprint density at radius 3 is 2.65 bits per heavy atom. The summed E-state index contributed by atoms with van der Waals surface area (Å²) < 4.78 is 0.658. The number of carboxylic acid groups (broad SMARTS) is 1. The molecule has 1 aromatic carbocycles. The summed E-state index contributed by atoms with van der Waals surface area (Å²) in [5, 5.41) is 12.6. The van der Waals surface area contributed by atoms with Crippen molar-refractivity contribution in [1.82, 2.24) is 10.3 Å². The lowest BCUT2D eigenvalue weighted by Gasteiger charge is -2.12. The van der Waals surface area contributed by atoms with E-state index in [0.717, 1.165) is 23.7 Å². The highest BCUT2D eigenvalue weighted by molar-refractivity contribution is 9.10. The molecule has 0 spiro atoms. The largest absolute Gasteiger partial charge is 0.480 e. The number of carbonyl (C=O) groups excluding carboxylic acids is 1. The number of nitrogens with one attached hydrogen (secondary N) is 2. The number of H-pyrrole nitrogens is 1. The number of amides is 1. The van der Waals surface area contributed by atoms with Crippen LogP contribution in [0.2, 0.25) is 0 Å². The third kappa shape index (κ3) is 2.31. The number of carbonyl (C=O) groups is 2. The Morgan fingerprint density at radius 1 is 1.35 bits per heavy atom. The highest BCUT2D eigenvalue weighted by atomic mass is 79.9. The zero-order chi connectivity index (χ0) is 14.3. The third-order valence-electron chi connectivity index (χ3n) is 3.52. The molecule has 2 aromatic rings. The van der Waals surface area contributed by atoms with Crippen LogP contribution in [0.15, 0.2) is 28.7 Å². The zero-order valence-electron chi connectivity index (χ0n) is 10.5. The Kier molecular flexibility index (Phi) is 3.25. The van der Waals surface area contributed by atoms with Crippen LogP contribution >= 0.6 is 15.9 Å². The molecule has 1 amide bonds. The molecule has 0 bridgehead atoms.